The number of amides is 1. The van der Waals surface area contributed by atoms with Crippen molar-refractivity contribution in [2.24, 2.45) is 0 Å². The van der Waals surface area contributed by atoms with Crippen molar-refractivity contribution < 1.29 is 13.2 Å². The fourth-order valence-electron chi connectivity index (χ4n) is 2.43. The van der Waals surface area contributed by atoms with Crippen LogP contribution in [0.15, 0.2) is 24.3 Å². The van der Waals surface area contributed by atoms with E-state index in [1.54, 1.807) is 19.1 Å². The quantitative estimate of drug-likeness (QED) is 0.917. The summed E-state index contributed by atoms with van der Waals surface area (Å²) < 4.78 is 25.1. The third-order valence-electron chi connectivity index (χ3n) is 3.86. The van der Waals surface area contributed by atoms with Crippen LogP contribution >= 0.6 is 0 Å². The Hall–Kier alpha value is -1.40. The number of sulfonamides is 1. The predicted octanol–water partition coefficient (Wildman–Crippen LogP) is 1.54. The normalized spacial score (nSPS) is 17.6. The molecule has 0 aromatic heterocycles. The molecular weight excluding hydrogens is 288 g/mol. The highest BCUT2D eigenvalue weighted by molar-refractivity contribution is 7.89. The van der Waals surface area contributed by atoms with Crippen LogP contribution in [-0.4, -0.2) is 43.5 Å². The molecule has 1 fully saturated rings. The van der Waals surface area contributed by atoms with Crippen molar-refractivity contribution in [3.8, 4) is 0 Å². The third kappa shape index (κ3) is 4.04. The van der Waals surface area contributed by atoms with Gasteiger partial charge >= 0.3 is 0 Å². The van der Waals surface area contributed by atoms with Gasteiger partial charge in [0.05, 0.1) is 5.75 Å². The second-order valence-corrected chi connectivity index (χ2v) is 7.67. The molecule has 1 N–H and O–H groups in total. The number of piperidine rings is 1. The number of carbonyl (C=O) groups is 1. The minimum Gasteiger partial charge on any atom is -0.349 e. The van der Waals surface area contributed by atoms with Crippen LogP contribution in [0.3, 0.4) is 0 Å². The topological polar surface area (TPSA) is 66.5 Å². The van der Waals surface area contributed by atoms with Gasteiger partial charge in [-0.15, -0.1) is 0 Å². The average molecular weight is 310 g/mol. The van der Waals surface area contributed by atoms with Gasteiger partial charge in [-0.3, -0.25) is 4.79 Å². The summed E-state index contributed by atoms with van der Waals surface area (Å²) in [7, 11) is -3.11. The Bertz CT molecular complexity index is 588. The van der Waals surface area contributed by atoms with Crippen molar-refractivity contribution in [3.63, 3.8) is 0 Å². The van der Waals surface area contributed by atoms with Crippen LogP contribution in [0.1, 0.15) is 35.7 Å². The molecule has 21 heavy (non-hydrogen) atoms. The van der Waals surface area contributed by atoms with Gasteiger partial charge in [-0.1, -0.05) is 17.7 Å². The summed E-state index contributed by atoms with van der Waals surface area (Å²) in [5.41, 5.74) is 1.76. The van der Waals surface area contributed by atoms with Gasteiger partial charge in [0, 0.05) is 24.7 Å². The summed E-state index contributed by atoms with van der Waals surface area (Å²) in [6.45, 7) is 4.59. The molecule has 1 aliphatic heterocycles. The van der Waals surface area contributed by atoms with Crippen molar-refractivity contribution in [2.45, 2.75) is 32.7 Å². The first-order chi connectivity index (χ1) is 9.92. The monoisotopic (exact) mass is 310 g/mol. The molecule has 5 nitrogen and oxygen atoms in total. The molecular formula is C15H22N2O3S. The van der Waals surface area contributed by atoms with E-state index in [-0.39, 0.29) is 17.7 Å². The first kappa shape index (κ1) is 16.0. The molecule has 2 rings (SSSR count). The van der Waals surface area contributed by atoms with Gasteiger partial charge in [-0.25, -0.2) is 12.7 Å². The van der Waals surface area contributed by atoms with Crippen molar-refractivity contribution in [3.05, 3.63) is 35.4 Å². The van der Waals surface area contributed by atoms with E-state index in [1.807, 2.05) is 19.1 Å². The maximum Gasteiger partial charge on any atom is 0.251 e. The molecule has 1 saturated heterocycles. The minimum absolute atomic E-state index is 0.0436. The van der Waals surface area contributed by atoms with Crippen LogP contribution in [0.25, 0.3) is 0 Å². The van der Waals surface area contributed by atoms with Gasteiger partial charge < -0.3 is 5.32 Å². The number of nitrogens with one attached hydrogen (secondary N) is 1. The number of carbonyl (C=O) groups excluding carboxylic acids is 1. The number of hydrogen-bond donors (Lipinski definition) is 1. The lowest BCUT2D eigenvalue weighted by Gasteiger charge is -2.31. The van der Waals surface area contributed by atoms with Gasteiger partial charge in [-0.05, 0) is 38.8 Å². The van der Waals surface area contributed by atoms with Gasteiger partial charge in [0.25, 0.3) is 5.91 Å². The van der Waals surface area contributed by atoms with E-state index >= 15 is 0 Å². The maximum absolute atomic E-state index is 12.1. The Morgan fingerprint density at radius 2 is 1.81 bits per heavy atom. The van der Waals surface area contributed by atoms with Crippen LogP contribution in [0.5, 0.6) is 0 Å². The van der Waals surface area contributed by atoms with Gasteiger partial charge in [0.2, 0.25) is 10.0 Å². The van der Waals surface area contributed by atoms with Crippen LogP contribution < -0.4 is 5.32 Å². The van der Waals surface area contributed by atoms with Crippen LogP contribution in [0, 0.1) is 6.92 Å². The Labute approximate surface area is 126 Å². The van der Waals surface area contributed by atoms with E-state index in [4.69, 9.17) is 0 Å². The molecule has 0 bridgehead atoms. The number of benzene rings is 1. The highest BCUT2D eigenvalue weighted by Crippen LogP contribution is 2.15. The molecule has 1 amide bonds. The Morgan fingerprint density at radius 1 is 1.24 bits per heavy atom. The molecule has 0 radical (unpaired) electrons. The van der Waals surface area contributed by atoms with Crippen molar-refractivity contribution in [1.29, 1.82) is 0 Å². The van der Waals surface area contributed by atoms with E-state index in [9.17, 15) is 13.2 Å². The molecule has 1 heterocycles. The van der Waals surface area contributed by atoms with Gasteiger partial charge in [-0.2, -0.15) is 0 Å². The molecule has 0 unspecified atom stereocenters. The van der Waals surface area contributed by atoms with Crippen LogP contribution in [0.2, 0.25) is 0 Å². The highest BCUT2D eigenvalue weighted by Gasteiger charge is 2.27. The second kappa shape index (κ2) is 6.58. The minimum atomic E-state index is -3.11. The maximum atomic E-state index is 12.1. The SMILES string of the molecule is CCS(=O)(=O)N1CCC(NC(=O)c2ccc(C)cc2)CC1. The van der Waals surface area contributed by atoms with E-state index < -0.39 is 10.0 Å². The molecule has 0 saturated carbocycles. The summed E-state index contributed by atoms with van der Waals surface area (Å²) in [5, 5.41) is 2.98. The van der Waals surface area contributed by atoms with Crippen LogP contribution in [-0.2, 0) is 10.0 Å². The molecule has 1 aliphatic rings. The first-order valence-electron chi connectivity index (χ1n) is 7.27. The van der Waals surface area contributed by atoms with Crippen molar-refractivity contribution in [1.82, 2.24) is 9.62 Å². The Morgan fingerprint density at radius 3 is 2.33 bits per heavy atom. The molecule has 0 spiro atoms. The van der Waals surface area contributed by atoms with Gasteiger partial charge in [0.15, 0.2) is 0 Å². The number of aryl methyl sites for hydroxylation is 1. The smallest absolute Gasteiger partial charge is 0.251 e. The first-order valence-corrected chi connectivity index (χ1v) is 8.88. The highest BCUT2D eigenvalue weighted by atomic mass is 32.2. The molecule has 116 valence electrons. The van der Waals surface area contributed by atoms with E-state index in [0.717, 1.165) is 5.56 Å². The second-order valence-electron chi connectivity index (χ2n) is 5.41. The molecule has 1 aromatic rings. The lowest BCUT2D eigenvalue weighted by atomic mass is 10.1. The Kier molecular flexibility index (Phi) is 5.00. The number of hydrogen-bond acceptors (Lipinski definition) is 3. The molecule has 0 aliphatic carbocycles. The summed E-state index contributed by atoms with van der Waals surface area (Å²) in [6.07, 6.45) is 1.33. The zero-order valence-electron chi connectivity index (χ0n) is 12.5. The Balaban J connectivity index is 1.89. The van der Waals surface area contributed by atoms with E-state index in [0.29, 0.717) is 31.5 Å². The average Bonchev–Trinajstić information content (AvgIpc) is 2.48. The fourth-order valence-corrected chi connectivity index (χ4v) is 3.57. The standard InChI is InChI=1S/C15H22N2O3S/c1-3-21(19,20)17-10-8-14(9-11-17)16-15(18)13-6-4-12(2)5-7-13/h4-7,14H,3,8-11H2,1-2H3,(H,16,18). The zero-order chi connectivity index (χ0) is 15.5. The van der Waals surface area contributed by atoms with Gasteiger partial charge in [0.1, 0.15) is 0 Å². The predicted molar refractivity (Wildman–Crippen MR) is 82.7 cm³/mol. The number of nitrogens with zero attached hydrogens (tertiary/aromatic N) is 1. The zero-order valence-corrected chi connectivity index (χ0v) is 13.3. The molecule has 1 aromatic carbocycles. The summed E-state index contributed by atoms with van der Waals surface area (Å²) in [6, 6.07) is 7.47. The van der Waals surface area contributed by atoms with E-state index in [2.05, 4.69) is 5.32 Å². The molecule has 0 atom stereocenters. The summed E-state index contributed by atoms with van der Waals surface area (Å²) in [5.74, 6) is 0.0414. The summed E-state index contributed by atoms with van der Waals surface area (Å²) in [4.78, 5) is 12.1. The van der Waals surface area contributed by atoms with Crippen molar-refractivity contribution in [2.75, 3.05) is 18.8 Å². The van der Waals surface area contributed by atoms with Crippen molar-refractivity contribution >= 4 is 15.9 Å². The summed E-state index contributed by atoms with van der Waals surface area (Å²) >= 11 is 0. The molecule has 6 heteroatoms. The van der Waals surface area contributed by atoms with E-state index in [1.165, 1.54) is 4.31 Å². The lowest BCUT2D eigenvalue weighted by Crippen LogP contribution is -2.46. The lowest BCUT2D eigenvalue weighted by molar-refractivity contribution is 0.0924. The fraction of sp³-hybridized carbons (Fsp3) is 0.533. The van der Waals surface area contributed by atoms with Crippen LogP contribution in [0.4, 0.5) is 0 Å². The number of rotatable bonds is 4. The largest absolute Gasteiger partial charge is 0.349 e. The third-order valence-corrected chi connectivity index (χ3v) is 5.74.